The molecule has 2 aromatic heterocycles. The molecule has 2 aliphatic rings. The van der Waals surface area contributed by atoms with Gasteiger partial charge in [-0.3, -0.25) is 0 Å². The first-order valence-corrected chi connectivity index (χ1v) is 8.91. The molecule has 1 fully saturated rings. The summed E-state index contributed by atoms with van der Waals surface area (Å²) in [6.45, 7) is 4.10. The molecule has 0 unspecified atom stereocenters. The molecule has 0 spiro atoms. The van der Waals surface area contributed by atoms with Gasteiger partial charge in [0, 0.05) is 25.4 Å². The van der Waals surface area contributed by atoms with E-state index in [0.717, 1.165) is 31.7 Å². The van der Waals surface area contributed by atoms with Gasteiger partial charge in [0.25, 0.3) is 0 Å². The number of aromatic nitrogens is 2. The number of pyridine rings is 1. The summed E-state index contributed by atoms with van der Waals surface area (Å²) in [4.78, 5) is 7.07. The van der Waals surface area contributed by atoms with E-state index in [9.17, 15) is 5.11 Å². The smallest absolute Gasteiger partial charge is 0.175 e. The Balaban J connectivity index is 1.62. The lowest BCUT2D eigenvalue weighted by Crippen LogP contribution is -2.26. The Morgan fingerprint density at radius 3 is 2.88 bits per heavy atom. The molecule has 4 rings (SSSR count). The number of hydrogen-bond acceptors (Lipinski definition) is 6. The van der Waals surface area contributed by atoms with E-state index in [-0.39, 0.29) is 11.5 Å². The van der Waals surface area contributed by atoms with Gasteiger partial charge in [0.1, 0.15) is 17.2 Å². The van der Waals surface area contributed by atoms with Gasteiger partial charge in [0.05, 0.1) is 11.2 Å². The van der Waals surface area contributed by atoms with E-state index >= 15 is 0 Å². The number of anilines is 1. The van der Waals surface area contributed by atoms with Crippen LogP contribution in [-0.4, -0.2) is 57.2 Å². The molecule has 26 heavy (non-hydrogen) atoms. The summed E-state index contributed by atoms with van der Waals surface area (Å²) in [6, 6.07) is 5.81. The Bertz CT molecular complexity index is 917. The van der Waals surface area contributed by atoms with Gasteiger partial charge < -0.3 is 20.7 Å². The first-order valence-electron chi connectivity index (χ1n) is 8.91. The first kappa shape index (κ1) is 16.5. The second kappa shape index (κ2) is 7.13. The summed E-state index contributed by atoms with van der Waals surface area (Å²) < 4.78 is 1.78. The van der Waals surface area contributed by atoms with Gasteiger partial charge in [-0.2, -0.15) is 0 Å². The average molecular weight is 350 g/mol. The van der Waals surface area contributed by atoms with Crippen molar-refractivity contribution in [2.45, 2.75) is 12.8 Å². The van der Waals surface area contributed by atoms with Crippen LogP contribution < -0.4 is 5.32 Å². The number of nitrogens with one attached hydrogen (secondary N) is 2. The molecule has 3 heterocycles. The lowest BCUT2D eigenvalue weighted by Gasteiger charge is -2.14. The number of aliphatic hydroxyl groups excluding tert-OH is 1. The largest absolute Gasteiger partial charge is 0.506 e. The van der Waals surface area contributed by atoms with Crippen molar-refractivity contribution in [2.75, 3.05) is 31.5 Å². The Kier molecular flexibility index (Phi) is 4.53. The predicted octanol–water partition coefficient (Wildman–Crippen LogP) is 2.95. The monoisotopic (exact) mass is 350 g/mol. The predicted molar refractivity (Wildman–Crippen MR) is 104 cm³/mol. The number of nitrogens with zero attached hydrogens (tertiary/aromatic N) is 4. The normalized spacial score (nSPS) is 19.5. The van der Waals surface area contributed by atoms with E-state index in [4.69, 9.17) is 5.41 Å². The fraction of sp³-hybridized carbons (Fsp3) is 0.316. The number of rotatable bonds is 5. The minimum absolute atomic E-state index is 0.00389. The van der Waals surface area contributed by atoms with Crippen LogP contribution in [0.5, 0.6) is 0 Å². The van der Waals surface area contributed by atoms with Crippen LogP contribution in [0.3, 0.4) is 0 Å². The number of likely N-dealkylation sites (tertiary alicyclic amines) is 1. The third-order valence-corrected chi connectivity index (χ3v) is 4.64. The number of hydrogen-bond donors (Lipinski definition) is 3. The van der Waals surface area contributed by atoms with Crippen molar-refractivity contribution >= 4 is 28.4 Å². The van der Waals surface area contributed by atoms with Gasteiger partial charge >= 0.3 is 0 Å². The zero-order valence-corrected chi connectivity index (χ0v) is 14.5. The van der Waals surface area contributed by atoms with Gasteiger partial charge in [-0.25, -0.2) is 9.51 Å². The van der Waals surface area contributed by atoms with Gasteiger partial charge in [-0.1, -0.05) is 6.07 Å². The van der Waals surface area contributed by atoms with Crippen LogP contribution in [0.4, 0.5) is 11.5 Å². The SMILES string of the molecule is N=C1C=C/C(=N\c2c(NCCN3CCCC3)nn3ccccc23)C(O)=C1. The van der Waals surface area contributed by atoms with Crippen LogP contribution in [0, 0.1) is 5.41 Å². The van der Waals surface area contributed by atoms with Crippen LogP contribution in [0.1, 0.15) is 12.8 Å². The molecule has 0 aromatic carbocycles. The van der Waals surface area contributed by atoms with Gasteiger partial charge in [-0.15, -0.1) is 5.10 Å². The molecule has 0 saturated carbocycles. The van der Waals surface area contributed by atoms with E-state index in [0.29, 0.717) is 17.2 Å². The molecule has 0 radical (unpaired) electrons. The summed E-state index contributed by atoms with van der Waals surface area (Å²) >= 11 is 0. The maximum absolute atomic E-state index is 10.1. The minimum atomic E-state index is -0.00389. The molecular weight excluding hydrogens is 328 g/mol. The van der Waals surface area contributed by atoms with Crippen LogP contribution in [0.2, 0.25) is 0 Å². The maximum Gasteiger partial charge on any atom is 0.175 e. The van der Waals surface area contributed by atoms with Crippen molar-refractivity contribution in [1.29, 1.82) is 5.41 Å². The van der Waals surface area contributed by atoms with E-state index in [1.807, 2.05) is 24.4 Å². The highest BCUT2D eigenvalue weighted by Gasteiger charge is 2.16. The van der Waals surface area contributed by atoms with Crippen LogP contribution in [-0.2, 0) is 0 Å². The third kappa shape index (κ3) is 3.39. The Labute approximate surface area is 151 Å². The molecular formula is C19H22N6O. The van der Waals surface area contributed by atoms with Gasteiger partial charge in [-0.05, 0) is 50.2 Å². The van der Waals surface area contributed by atoms with E-state index < -0.39 is 0 Å². The molecule has 0 bridgehead atoms. The first-order chi connectivity index (χ1) is 12.7. The number of aliphatic imine (C=N–C) groups is 1. The zero-order chi connectivity index (χ0) is 17.9. The van der Waals surface area contributed by atoms with Crippen molar-refractivity contribution < 1.29 is 5.11 Å². The third-order valence-electron chi connectivity index (χ3n) is 4.64. The highest BCUT2D eigenvalue weighted by atomic mass is 16.3. The lowest BCUT2D eigenvalue weighted by molar-refractivity contribution is 0.352. The van der Waals surface area contributed by atoms with Gasteiger partial charge in [0.2, 0.25) is 0 Å². The summed E-state index contributed by atoms with van der Waals surface area (Å²) in [5.41, 5.74) is 2.25. The second-order valence-electron chi connectivity index (χ2n) is 6.52. The van der Waals surface area contributed by atoms with Crippen LogP contribution in [0.15, 0.2) is 53.4 Å². The minimum Gasteiger partial charge on any atom is -0.506 e. The molecule has 0 atom stereocenters. The molecule has 1 saturated heterocycles. The van der Waals surface area contributed by atoms with Crippen LogP contribution >= 0.6 is 0 Å². The Morgan fingerprint density at radius 2 is 2.08 bits per heavy atom. The highest BCUT2D eigenvalue weighted by Crippen LogP contribution is 2.30. The quantitative estimate of drug-likeness (QED) is 0.723. The average Bonchev–Trinajstić information content (AvgIpc) is 3.26. The molecule has 7 nitrogen and oxygen atoms in total. The van der Waals surface area contributed by atoms with Crippen molar-refractivity contribution in [3.8, 4) is 0 Å². The number of fused-ring (bicyclic) bond motifs is 1. The van der Waals surface area contributed by atoms with E-state index in [2.05, 4.69) is 20.3 Å². The van der Waals surface area contributed by atoms with Gasteiger partial charge in [0.15, 0.2) is 5.82 Å². The fourth-order valence-corrected chi connectivity index (χ4v) is 3.29. The van der Waals surface area contributed by atoms with Crippen molar-refractivity contribution in [1.82, 2.24) is 14.5 Å². The topological polar surface area (TPSA) is 89.0 Å². The van der Waals surface area contributed by atoms with Crippen LogP contribution in [0.25, 0.3) is 5.52 Å². The summed E-state index contributed by atoms with van der Waals surface area (Å²) in [5, 5.41) is 25.7. The molecule has 2 aromatic rings. The summed E-state index contributed by atoms with van der Waals surface area (Å²) in [6.07, 6.45) is 9.10. The zero-order valence-electron chi connectivity index (χ0n) is 14.5. The number of allylic oxidation sites excluding steroid dienone is 3. The Morgan fingerprint density at radius 1 is 1.23 bits per heavy atom. The molecule has 134 valence electrons. The molecule has 0 amide bonds. The van der Waals surface area contributed by atoms with Crippen molar-refractivity contribution in [3.05, 3.63) is 48.4 Å². The summed E-state index contributed by atoms with van der Waals surface area (Å²) in [7, 11) is 0. The maximum atomic E-state index is 10.1. The van der Waals surface area contributed by atoms with E-state index in [1.165, 1.54) is 18.9 Å². The Hall–Kier alpha value is -2.93. The lowest BCUT2D eigenvalue weighted by atomic mass is 10.1. The molecule has 1 aliphatic heterocycles. The fourth-order valence-electron chi connectivity index (χ4n) is 3.29. The summed E-state index contributed by atoms with van der Waals surface area (Å²) in [5.74, 6) is 0.695. The van der Waals surface area contributed by atoms with Crippen molar-refractivity contribution in [3.63, 3.8) is 0 Å². The molecule has 1 aliphatic carbocycles. The second-order valence-corrected chi connectivity index (χ2v) is 6.52. The number of aliphatic hydroxyl groups is 1. The highest BCUT2D eigenvalue weighted by molar-refractivity contribution is 6.20. The molecule has 3 N–H and O–H groups in total. The van der Waals surface area contributed by atoms with Crippen molar-refractivity contribution in [2.24, 2.45) is 4.99 Å². The van der Waals surface area contributed by atoms with E-state index in [1.54, 1.807) is 16.7 Å². The standard InChI is InChI=1S/C19H22N6O/c20-14-6-7-15(17(26)13-14)22-18-16-5-1-2-11-25(16)23-19(18)21-8-12-24-9-3-4-10-24/h1-2,5-7,11,13,20,26H,3-4,8-10,12H2,(H,21,23)/b20-14?,22-15+. The molecule has 7 heteroatoms.